The van der Waals surface area contributed by atoms with Gasteiger partial charge in [0.1, 0.15) is 11.5 Å². The molecule has 0 unspecified atom stereocenters. The van der Waals surface area contributed by atoms with E-state index in [-0.39, 0.29) is 17.5 Å². The van der Waals surface area contributed by atoms with Crippen LogP contribution < -0.4 is 5.73 Å². The lowest BCUT2D eigenvalue weighted by atomic mass is 9.97. The minimum absolute atomic E-state index is 0.0583. The maximum Gasteiger partial charge on any atom is 0.124 e. The molecular weight excluding hydrogens is 178 g/mol. The molecule has 78 valence electrons. The van der Waals surface area contributed by atoms with Crippen molar-refractivity contribution in [1.29, 1.82) is 0 Å². The van der Waals surface area contributed by atoms with E-state index in [1.165, 1.54) is 12.1 Å². The van der Waals surface area contributed by atoms with Crippen LogP contribution in [0.4, 0.5) is 0 Å². The van der Waals surface area contributed by atoms with Gasteiger partial charge in [-0.2, -0.15) is 0 Å². The van der Waals surface area contributed by atoms with Crippen LogP contribution in [-0.2, 0) is 0 Å². The molecule has 1 atom stereocenters. The fourth-order valence-electron chi connectivity index (χ4n) is 1.48. The van der Waals surface area contributed by atoms with E-state index >= 15 is 0 Å². The number of nitrogens with two attached hydrogens (primary N) is 1. The van der Waals surface area contributed by atoms with E-state index in [1.807, 2.05) is 0 Å². The van der Waals surface area contributed by atoms with Crippen LogP contribution in [0.3, 0.4) is 0 Å². The maximum absolute atomic E-state index is 9.53. The van der Waals surface area contributed by atoms with E-state index in [0.29, 0.717) is 11.5 Å². The second kappa shape index (κ2) is 4.33. The molecule has 0 aliphatic carbocycles. The first-order valence-electron chi connectivity index (χ1n) is 4.78. The number of rotatable bonds is 3. The molecule has 0 saturated heterocycles. The van der Waals surface area contributed by atoms with Crippen LogP contribution in [0.2, 0.25) is 0 Å². The quantitative estimate of drug-likeness (QED) is 0.692. The molecule has 1 aromatic carbocycles. The Labute approximate surface area is 84.2 Å². The summed E-state index contributed by atoms with van der Waals surface area (Å²) in [5.74, 6) is 0.611. The van der Waals surface area contributed by atoms with Crippen molar-refractivity contribution in [2.75, 3.05) is 0 Å². The Hall–Kier alpha value is -1.22. The maximum atomic E-state index is 9.53. The zero-order valence-corrected chi connectivity index (χ0v) is 8.57. The van der Waals surface area contributed by atoms with Gasteiger partial charge in [0.05, 0.1) is 0 Å². The third kappa shape index (κ3) is 2.64. The lowest BCUT2D eigenvalue weighted by Crippen LogP contribution is -2.12. The van der Waals surface area contributed by atoms with Gasteiger partial charge in [0.25, 0.3) is 0 Å². The molecule has 0 fully saturated rings. The number of benzene rings is 1. The predicted molar refractivity (Wildman–Crippen MR) is 56.2 cm³/mol. The minimum Gasteiger partial charge on any atom is -0.508 e. The summed E-state index contributed by atoms with van der Waals surface area (Å²) in [4.78, 5) is 0. The van der Waals surface area contributed by atoms with Crippen molar-refractivity contribution in [2.24, 2.45) is 11.7 Å². The summed E-state index contributed by atoms with van der Waals surface area (Å²) in [7, 11) is 0. The van der Waals surface area contributed by atoms with E-state index < -0.39 is 0 Å². The van der Waals surface area contributed by atoms with E-state index in [1.54, 1.807) is 6.07 Å². The smallest absolute Gasteiger partial charge is 0.124 e. The second-order valence-electron chi connectivity index (χ2n) is 3.98. The van der Waals surface area contributed by atoms with E-state index in [9.17, 15) is 5.11 Å². The number of hydrogen-bond donors (Lipinski definition) is 3. The Kier molecular flexibility index (Phi) is 3.36. The standard InChI is InChI=1S/C11H17NO2/c1-7(2)5-10(12)9-4-3-8(13)6-11(9)14/h3-4,6-7,10,13-14H,5,12H2,1-2H3/t10-/m1/s1. The summed E-state index contributed by atoms with van der Waals surface area (Å²) in [6, 6.07) is 4.35. The van der Waals surface area contributed by atoms with Crippen molar-refractivity contribution in [3.05, 3.63) is 23.8 Å². The van der Waals surface area contributed by atoms with Crippen LogP contribution in [-0.4, -0.2) is 10.2 Å². The first-order chi connectivity index (χ1) is 6.50. The number of hydrogen-bond acceptors (Lipinski definition) is 3. The molecule has 0 aromatic heterocycles. The predicted octanol–water partition coefficient (Wildman–Crippen LogP) is 2.14. The van der Waals surface area contributed by atoms with Crippen molar-refractivity contribution in [1.82, 2.24) is 0 Å². The van der Waals surface area contributed by atoms with Gasteiger partial charge in [0, 0.05) is 17.7 Å². The fourth-order valence-corrected chi connectivity index (χ4v) is 1.48. The summed E-state index contributed by atoms with van der Waals surface area (Å²) in [6.07, 6.45) is 0.818. The molecule has 4 N–H and O–H groups in total. The van der Waals surface area contributed by atoms with Crippen LogP contribution in [0, 0.1) is 5.92 Å². The molecule has 3 nitrogen and oxygen atoms in total. The number of phenolic OH excluding ortho intramolecular Hbond substituents is 2. The Morgan fingerprint density at radius 2 is 1.93 bits per heavy atom. The van der Waals surface area contributed by atoms with Gasteiger partial charge in [0.15, 0.2) is 0 Å². The molecule has 0 heterocycles. The Bertz CT molecular complexity index is 310. The molecule has 0 amide bonds. The molecule has 0 saturated carbocycles. The molecule has 0 radical (unpaired) electrons. The van der Waals surface area contributed by atoms with Crippen LogP contribution in [0.15, 0.2) is 18.2 Å². The van der Waals surface area contributed by atoms with Crippen molar-refractivity contribution in [3.8, 4) is 11.5 Å². The largest absolute Gasteiger partial charge is 0.508 e. The van der Waals surface area contributed by atoms with Gasteiger partial charge in [-0.05, 0) is 18.4 Å². The van der Waals surface area contributed by atoms with Crippen LogP contribution in [0.5, 0.6) is 11.5 Å². The molecule has 1 rings (SSSR count). The van der Waals surface area contributed by atoms with Gasteiger partial charge in [-0.3, -0.25) is 0 Å². The lowest BCUT2D eigenvalue weighted by Gasteiger charge is -2.15. The summed E-state index contributed by atoms with van der Waals surface area (Å²) in [5, 5.41) is 18.6. The third-order valence-electron chi connectivity index (χ3n) is 2.14. The summed E-state index contributed by atoms with van der Waals surface area (Å²) >= 11 is 0. The van der Waals surface area contributed by atoms with Crippen LogP contribution in [0.1, 0.15) is 31.9 Å². The zero-order valence-electron chi connectivity index (χ0n) is 8.57. The van der Waals surface area contributed by atoms with Gasteiger partial charge >= 0.3 is 0 Å². The Balaban J connectivity index is 2.84. The molecule has 0 aliphatic heterocycles. The molecular formula is C11H17NO2. The van der Waals surface area contributed by atoms with Crippen LogP contribution >= 0.6 is 0 Å². The van der Waals surface area contributed by atoms with Crippen molar-refractivity contribution in [3.63, 3.8) is 0 Å². The van der Waals surface area contributed by atoms with Gasteiger partial charge < -0.3 is 15.9 Å². The van der Waals surface area contributed by atoms with Gasteiger partial charge in [-0.25, -0.2) is 0 Å². The highest BCUT2D eigenvalue weighted by Gasteiger charge is 2.12. The summed E-state index contributed by atoms with van der Waals surface area (Å²) in [5.41, 5.74) is 6.60. The molecule has 0 aliphatic rings. The Morgan fingerprint density at radius 3 is 2.43 bits per heavy atom. The summed E-state index contributed by atoms with van der Waals surface area (Å²) < 4.78 is 0. The SMILES string of the molecule is CC(C)C[C@@H](N)c1ccc(O)cc1O. The van der Waals surface area contributed by atoms with Crippen molar-refractivity contribution in [2.45, 2.75) is 26.3 Å². The second-order valence-corrected chi connectivity index (χ2v) is 3.98. The van der Waals surface area contributed by atoms with Crippen molar-refractivity contribution >= 4 is 0 Å². The Morgan fingerprint density at radius 1 is 1.29 bits per heavy atom. The average molecular weight is 195 g/mol. The highest BCUT2D eigenvalue weighted by molar-refractivity contribution is 5.40. The van der Waals surface area contributed by atoms with Gasteiger partial charge in [-0.15, -0.1) is 0 Å². The van der Waals surface area contributed by atoms with Crippen LogP contribution in [0.25, 0.3) is 0 Å². The first kappa shape index (κ1) is 10.9. The molecule has 0 bridgehead atoms. The van der Waals surface area contributed by atoms with E-state index in [0.717, 1.165) is 6.42 Å². The minimum atomic E-state index is -0.171. The topological polar surface area (TPSA) is 66.5 Å². The van der Waals surface area contributed by atoms with Crippen molar-refractivity contribution < 1.29 is 10.2 Å². The number of aromatic hydroxyl groups is 2. The number of phenols is 2. The third-order valence-corrected chi connectivity index (χ3v) is 2.14. The summed E-state index contributed by atoms with van der Waals surface area (Å²) in [6.45, 7) is 4.16. The monoisotopic (exact) mass is 195 g/mol. The normalized spacial score (nSPS) is 13.1. The first-order valence-corrected chi connectivity index (χ1v) is 4.78. The van der Waals surface area contributed by atoms with E-state index in [4.69, 9.17) is 10.8 Å². The molecule has 3 heteroatoms. The lowest BCUT2D eigenvalue weighted by molar-refractivity contribution is 0.432. The zero-order chi connectivity index (χ0) is 10.7. The highest BCUT2D eigenvalue weighted by atomic mass is 16.3. The average Bonchev–Trinajstić information content (AvgIpc) is 2.01. The molecule has 1 aromatic rings. The van der Waals surface area contributed by atoms with Gasteiger partial charge in [-0.1, -0.05) is 19.9 Å². The molecule has 14 heavy (non-hydrogen) atoms. The van der Waals surface area contributed by atoms with E-state index in [2.05, 4.69) is 13.8 Å². The fraction of sp³-hybridized carbons (Fsp3) is 0.455. The van der Waals surface area contributed by atoms with Gasteiger partial charge in [0.2, 0.25) is 0 Å². The highest BCUT2D eigenvalue weighted by Crippen LogP contribution is 2.29. The molecule has 0 spiro atoms.